The number of carbonyl (C=O) groups is 1. The molecule has 0 radical (unpaired) electrons. The number of likely N-dealkylation sites (tertiary alicyclic amines) is 1. The van der Waals surface area contributed by atoms with Crippen molar-refractivity contribution in [3.8, 4) is 0 Å². The molecule has 3 heterocycles. The molecule has 5 nitrogen and oxygen atoms in total. The summed E-state index contributed by atoms with van der Waals surface area (Å²) in [6.45, 7) is 4.20. The molecule has 2 aliphatic heterocycles. The highest BCUT2D eigenvalue weighted by atomic mass is 35.5. The van der Waals surface area contributed by atoms with Crippen LogP contribution >= 0.6 is 11.6 Å². The van der Waals surface area contributed by atoms with Crippen molar-refractivity contribution in [1.29, 1.82) is 0 Å². The van der Waals surface area contributed by atoms with Gasteiger partial charge < -0.3 is 15.4 Å². The van der Waals surface area contributed by atoms with Crippen molar-refractivity contribution in [2.45, 2.75) is 44.6 Å². The predicted octanol–water partition coefficient (Wildman–Crippen LogP) is 4.32. The minimum Gasteiger partial charge on any atom is -0.397 e. The number of piperidine rings is 1. The van der Waals surface area contributed by atoms with Crippen LogP contribution in [0.25, 0.3) is 10.9 Å². The average molecular weight is 402 g/mol. The summed E-state index contributed by atoms with van der Waals surface area (Å²) in [4.78, 5) is 19.8. The maximum absolute atomic E-state index is 12.9. The van der Waals surface area contributed by atoms with Gasteiger partial charge in [0.15, 0.2) is 5.78 Å². The SMILES string of the molecule is Nc1c(Cl)cc(C(=O)CCC2CCN(CC3CCCO3)CC2)c2ncccc12. The Kier molecular flexibility index (Phi) is 6.14. The van der Waals surface area contributed by atoms with E-state index >= 15 is 0 Å². The molecule has 0 saturated carbocycles. The number of hydrogen-bond acceptors (Lipinski definition) is 5. The second-order valence-corrected chi connectivity index (χ2v) is 8.47. The lowest BCUT2D eigenvalue weighted by molar-refractivity contribution is 0.0588. The fourth-order valence-electron chi connectivity index (χ4n) is 4.46. The Morgan fingerprint density at radius 2 is 2.14 bits per heavy atom. The largest absolute Gasteiger partial charge is 0.397 e. The van der Waals surface area contributed by atoms with Gasteiger partial charge in [0.2, 0.25) is 0 Å². The number of aromatic nitrogens is 1. The molecule has 6 heteroatoms. The van der Waals surface area contributed by atoms with Crippen molar-refractivity contribution in [3.05, 3.63) is 35.0 Å². The first kappa shape index (κ1) is 19.6. The zero-order valence-corrected chi connectivity index (χ0v) is 17.0. The number of nitrogens with two attached hydrogens (primary N) is 1. The summed E-state index contributed by atoms with van der Waals surface area (Å²) >= 11 is 6.25. The molecule has 0 bridgehead atoms. The van der Waals surface area contributed by atoms with Gasteiger partial charge in [0, 0.05) is 36.7 Å². The molecule has 0 spiro atoms. The Bertz CT molecular complexity index is 843. The molecule has 1 aromatic carbocycles. The second-order valence-electron chi connectivity index (χ2n) is 8.06. The van der Waals surface area contributed by atoms with Crippen LogP contribution in [0.15, 0.2) is 24.4 Å². The van der Waals surface area contributed by atoms with Crippen LogP contribution in [0.3, 0.4) is 0 Å². The molecule has 150 valence electrons. The van der Waals surface area contributed by atoms with Crippen molar-refractivity contribution < 1.29 is 9.53 Å². The minimum atomic E-state index is 0.104. The molecule has 2 aliphatic rings. The first-order valence-electron chi connectivity index (χ1n) is 10.3. The van der Waals surface area contributed by atoms with E-state index in [1.54, 1.807) is 12.3 Å². The van der Waals surface area contributed by atoms with Crippen molar-refractivity contribution in [2.24, 2.45) is 5.92 Å². The second kappa shape index (κ2) is 8.76. The van der Waals surface area contributed by atoms with Gasteiger partial charge in [0.25, 0.3) is 0 Å². The molecule has 4 rings (SSSR count). The molecule has 2 fully saturated rings. The number of anilines is 1. The number of hydrogen-bond donors (Lipinski definition) is 1. The number of nitrogens with zero attached hydrogens (tertiary/aromatic N) is 2. The highest BCUT2D eigenvalue weighted by Crippen LogP contribution is 2.32. The summed E-state index contributed by atoms with van der Waals surface area (Å²) in [5.74, 6) is 0.709. The number of ketones is 1. The number of pyridine rings is 1. The molecule has 1 aromatic heterocycles. The van der Waals surface area contributed by atoms with Gasteiger partial charge in [-0.05, 0) is 69.3 Å². The summed E-state index contributed by atoms with van der Waals surface area (Å²) in [5, 5.41) is 1.17. The van der Waals surface area contributed by atoms with Gasteiger partial charge in [-0.3, -0.25) is 9.78 Å². The quantitative estimate of drug-likeness (QED) is 0.576. The number of carbonyl (C=O) groups excluding carboxylic acids is 1. The van der Waals surface area contributed by atoms with E-state index in [0.717, 1.165) is 50.9 Å². The lowest BCUT2D eigenvalue weighted by Gasteiger charge is -2.33. The number of fused-ring (bicyclic) bond motifs is 1. The van der Waals surface area contributed by atoms with E-state index in [4.69, 9.17) is 22.1 Å². The van der Waals surface area contributed by atoms with E-state index in [9.17, 15) is 4.79 Å². The van der Waals surface area contributed by atoms with Gasteiger partial charge in [-0.2, -0.15) is 0 Å². The number of nitrogen functional groups attached to an aromatic ring is 1. The van der Waals surface area contributed by atoms with Crippen LogP contribution in [0.5, 0.6) is 0 Å². The first-order chi connectivity index (χ1) is 13.6. The van der Waals surface area contributed by atoms with Gasteiger partial charge in [-0.25, -0.2) is 0 Å². The predicted molar refractivity (Wildman–Crippen MR) is 113 cm³/mol. The van der Waals surface area contributed by atoms with Crippen molar-refractivity contribution in [1.82, 2.24) is 9.88 Å². The topological polar surface area (TPSA) is 68.5 Å². The average Bonchev–Trinajstić information content (AvgIpc) is 3.23. The maximum Gasteiger partial charge on any atom is 0.165 e. The normalized spacial score (nSPS) is 21.4. The number of benzene rings is 1. The number of Topliss-reactive ketones (excluding diaryl/α,β-unsaturated/α-hetero) is 1. The van der Waals surface area contributed by atoms with Crippen LogP contribution in [-0.4, -0.2) is 48.0 Å². The van der Waals surface area contributed by atoms with E-state index in [0.29, 0.717) is 40.2 Å². The third-order valence-electron chi connectivity index (χ3n) is 6.15. The molecule has 2 saturated heterocycles. The molecular weight excluding hydrogens is 374 g/mol. The van der Waals surface area contributed by atoms with E-state index in [1.807, 2.05) is 12.1 Å². The lowest BCUT2D eigenvalue weighted by Crippen LogP contribution is -2.38. The highest BCUT2D eigenvalue weighted by molar-refractivity contribution is 6.35. The Morgan fingerprint density at radius 1 is 1.32 bits per heavy atom. The van der Waals surface area contributed by atoms with Gasteiger partial charge in [0.1, 0.15) is 0 Å². The molecule has 0 amide bonds. The zero-order valence-electron chi connectivity index (χ0n) is 16.2. The van der Waals surface area contributed by atoms with E-state index in [1.165, 1.54) is 12.8 Å². The summed E-state index contributed by atoms with van der Waals surface area (Å²) in [5.41, 5.74) is 7.78. The smallest absolute Gasteiger partial charge is 0.165 e. The highest BCUT2D eigenvalue weighted by Gasteiger charge is 2.25. The molecular formula is C22H28ClN3O2. The van der Waals surface area contributed by atoms with E-state index in [2.05, 4.69) is 9.88 Å². The maximum atomic E-state index is 12.9. The molecule has 1 unspecified atom stereocenters. The summed E-state index contributed by atoms with van der Waals surface area (Å²) in [6, 6.07) is 5.36. The van der Waals surface area contributed by atoms with Crippen LogP contribution in [0, 0.1) is 5.92 Å². The van der Waals surface area contributed by atoms with Gasteiger partial charge >= 0.3 is 0 Å². The summed E-state index contributed by atoms with van der Waals surface area (Å²) < 4.78 is 5.75. The van der Waals surface area contributed by atoms with E-state index < -0.39 is 0 Å². The van der Waals surface area contributed by atoms with Crippen molar-refractivity contribution >= 4 is 34.0 Å². The first-order valence-corrected chi connectivity index (χ1v) is 10.7. The fourth-order valence-corrected chi connectivity index (χ4v) is 4.67. The third kappa shape index (κ3) is 4.32. The third-order valence-corrected chi connectivity index (χ3v) is 6.47. The minimum absolute atomic E-state index is 0.104. The lowest BCUT2D eigenvalue weighted by atomic mass is 9.90. The van der Waals surface area contributed by atoms with Crippen LogP contribution in [0.2, 0.25) is 5.02 Å². The standard InChI is InChI=1S/C22H28ClN3O2/c23-19-13-18(22-17(21(19)24)4-1-9-25-22)20(27)6-5-15-7-10-26(11-8-15)14-16-3-2-12-28-16/h1,4,9,13,15-16H,2-3,5-8,10-12,14,24H2. The van der Waals surface area contributed by atoms with Crippen LogP contribution in [-0.2, 0) is 4.74 Å². The number of ether oxygens (including phenoxy) is 1. The Morgan fingerprint density at radius 3 is 2.89 bits per heavy atom. The fraction of sp³-hybridized carbons (Fsp3) is 0.545. The number of rotatable bonds is 6. The molecule has 2 aromatic rings. The molecule has 0 aliphatic carbocycles. The monoisotopic (exact) mass is 401 g/mol. The Labute approximate surface area is 171 Å². The van der Waals surface area contributed by atoms with Crippen molar-refractivity contribution in [2.75, 3.05) is 32.0 Å². The van der Waals surface area contributed by atoms with Crippen molar-refractivity contribution in [3.63, 3.8) is 0 Å². The van der Waals surface area contributed by atoms with Gasteiger partial charge in [0.05, 0.1) is 22.3 Å². The summed E-state index contributed by atoms with van der Waals surface area (Å²) in [6.07, 6.45) is 8.27. The van der Waals surface area contributed by atoms with Crippen LogP contribution in [0.4, 0.5) is 5.69 Å². The molecule has 2 N–H and O–H groups in total. The van der Waals surface area contributed by atoms with Crippen LogP contribution < -0.4 is 5.73 Å². The van der Waals surface area contributed by atoms with Crippen LogP contribution in [0.1, 0.15) is 48.9 Å². The zero-order chi connectivity index (χ0) is 19.5. The Hall–Kier alpha value is -1.69. The Balaban J connectivity index is 1.33. The van der Waals surface area contributed by atoms with Gasteiger partial charge in [-0.15, -0.1) is 0 Å². The van der Waals surface area contributed by atoms with E-state index in [-0.39, 0.29) is 5.78 Å². The number of halogens is 1. The van der Waals surface area contributed by atoms with Gasteiger partial charge in [-0.1, -0.05) is 11.6 Å². The summed E-state index contributed by atoms with van der Waals surface area (Å²) in [7, 11) is 0. The molecule has 28 heavy (non-hydrogen) atoms. The molecule has 1 atom stereocenters.